The van der Waals surface area contributed by atoms with Crippen LogP contribution in [0, 0.1) is 18.8 Å². The van der Waals surface area contributed by atoms with Crippen molar-refractivity contribution >= 4 is 17.2 Å². The number of aromatic nitrogens is 1. The molecule has 1 aromatic heterocycles. The number of likely N-dealkylation sites (tertiary alicyclic amines) is 1. The molecule has 1 aromatic carbocycles. The molecule has 0 radical (unpaired) electrons. The molecule has 4 rings (SSSR count). The van der Waals surface area contributed by atoms with Gasteiger partial charge in [0.2, 0.25) is 0 Å². The fourth-order valence-corrected chi connectivity index (χ4v) is 5.23. The van der Waals surface area contributed by atoms with Gasteiger partial charge in [0, 0.05) is 37.5 Å². The number of amides is 1. The summed E-state index contributed by atoms with van der Waals surface area (Å²) < 4.78 is 0. The number of benzene rings is 1. The number of nitrogens with zero attached hydrogens (tertiary/aromatic N) is 3. The lowest BCUT2D eigenvalue weighted by Gasteiger charge is -2.29. The molecule has 6 heteroatoms. The first kappa shape index (κ1) is 17.6. The highest BCUT2D eigenvalue weighted by atomic mass is 32.1. The molecular formula is C20H26N4OS. The summed E-state index contributed by atoms with van der Waals surface area (Å²) in [5.74, 6) is 1.09. The maximum absolute atomic E-state index is 13.3. The van der Waals surface area contributed by atoms with Crippen LogP contribution in [0.3, 0.4) is 0 Å². The zero-order valence-electron chi connectivity index (χ0n) is 15.6. The molecule has 0 spiro atoms. The molecule has 3 atom stereocenters. The second-order valence-electron chi connectivity index (χ2n) is 7.71. The minimum Gasteiger partial charge on any atom is -0.330 e. The van der Waals surface area contributed by atoms with Gasteiger partial charge in [0.25, 0.3) is 5.91 Å². The van der Waals surface area contributed by atoms with E-state index in [9.17, 15) is 4.79 Å². The van der Waals surface area contributed by atoms with Crippen molar-refractivity contribution < 1.29 is 4.79 Å². The highest BCUT2D eigenvalue weighted by molar-refractivity contribution is 7.09. The molecule has 2 aromatic rings. The van der Waals surface area contributed by atoms with Gasteiger partial charge >= 0.3 is 0 Å². The maximum atomic E-state index is 13.3. The molecule has 0 unspecified atom stereocenters. The average molecular weight is 371 g/mol. The van der Waals surface area contributed by atoms with Crippen LogP contribution in [-0.4, -0.2) is 54.4 Å². The van der Waals surface area contributed by atoms with Crippen molar-refractivity contribution in [1.82, 2.24) is 20.1 Å². The Bertz CT molecular complexity index is 803. The highest BCUT2D eigenvalue weighted by Crippen LogP contribution is 2.44. The smallest absolute Gasteiger partial charge is 0.273 e. The topological polar surface area (TPSA) is 48.5 Å². The van der Waals surface area contributed by atoms with Crippen LogP contribution in [0.15, 0.2) is 29.6 Å². The third-order valence-corrected chi connectivity index (χ3v) is 6.39. The Labute approximate surface area is 159 Å². The van der Waals surface area contributed by atoms with Crippen LogP contribution in [-0.2, 0) is 6.54 Å². The fraction of sp³-hybridized carbons (Fsp3) is 0.500. The molecule has 3 heterocycles. The van der Waals surface area contributed by atoms with Crippen LogP contribution in [0.1, 0.15) is 32.7 Å². The van der Waals surface area contributed by atoms with Crippen molar-refractivity contribution in [3.05, 3.63) is 51.5 Å². The van der Waals surface area contributed by atoms with E-state index in [2.05, 4.69) is 51.3 Å². The Morgan fingerprint density at radius 3 is 2.92 bits per heavy atom. The molecule has 26 heavy (non-hydrogen) atoms. The molecule has 0 saturated carbocycles. The summed E-state index contributed by atoms with van der Waals surface area (Å²) in [6.45, 7) is 5.71. The van der Waals surface area contributed by atoms with E-state index in [0.29, 0.717) is 17.5 Å². The minimum atomic E-state index is 0.0777. The van der Waals surface area contributed by atoms with Crippen molar-refractivity contribution in [3.63, 3.8) is 0 Å². The van der Waals surface area contributed by atoms with Crippen LogP contribution in [0.5, 0.6) is 0 Å². The molecule has 0 aliphatic carbocycles. The van der Waals surface area contributed by atoms with Gasteiger partial charge < -0.3 is 15.1 Å². The van der Waals surface area contributed by atoms with Gasteiger partial charge in [-0.3, -0.25) is 4.79 Å². The number of hydrogen-bond acceptors (Lipinski definition) is 5. The second-order valence-corrected chi connectivity index (χ2v) is 8.65. The van der Waals surface area contributed by atoms with Gasteiger partial charge in [-0.2, -0.15) is 0 Å². The molecule has 2 saturated heterocycles. The van der Waals surface area contributed by atoms with E-state index in [1.54, 1.807) is 11.3 Å². The number of aryl methyl sites for hydroxylation is 1. The summed E-state index contributed by atoms with van der Waals surface area (Å²) in [5.41, 5.74) is 3.13. The van der Waals surface area contributed by atoms with Crippen LogP contribution < -0.4 is 5.32 Å². The molecule has 2 aliphatic heterocycles. The number of carbonyl (C=O) groups excluding carboxylic acids is 1. The average Bonchev–Trinajstić information content (AvgIpc) is 3.30. The van der Waals surface area contributed by atoms with Crippen molar-refractivity contribution in [2.45, 2.75) is 19.5 Å². The van der Waals surface area contributed by atoms with Crippen molar-refractivity contribution in [3.8, 4) is 0 Å². The standard InChI is InChI=1S/C20H26N4OS/c1-13-6-4-5-7-15(13)19-16-9-21-8-14(16)10-24(19)20(25)17-12-26-18(22-17)11-23(2)3/h4-7,12,14,16,19,21H,8-11H2,1-3H3/t14-,16-,19+/m0/s1. The first-order valence-corrected chi connectivity index (χ1v) is 10.1. The third-order valence-electron chi connectivity index (χ3n) is 5.55. The molecule has 2 aliphatic rings. The van der Waals surface area contributed by atoms with Crippen LogP contribution in [0.4, 0.5) is 0 Å². The Balaban J connectivity index is 1.64. The van der Waals surface area contributed by atoms with Gasteiger partial charge in [0.1, 0.15) is 10.7 Å². The van der Waals surface area contributed by atoms with Gasteiger partial charge in [-0.25, -0.2) is 4.98 Å². The summed E-state index contributed by atoms with van der Waals surface area (Å²) in [6, 6.07) is 8.62. The van der Waals surface area contributed by atoms with Crippen molar-refractivity contribution in [2.24, 2.45) is 11.8 Å². The van der Waals surface area contributed by atoms with E-state index < -0.39 is 0 Å². The van der Waals surface area contributed by atoms with E-state index in [1.807, 2.05) is 19.5 Å². The van der Waals surface area contributed by atoms with E-state index in [-0.39, 0.29) is 11.9 Å². The molecule has 1 N–H and O–H groups in total. The zero-order valence-corrected chi connectivity index (χ0v) is 16.4. The van der Waals surface area contributed by atoms with Gasteiger partial charge in [-0.15, -0.1) is 11.3 Å². The van der Waals surface area contributed by atoms with E-state index in [0.717, 1.165) is 31.2 Å². The molecule has 138 valence electrons. The summed E-state index contributed by atoms with van der Waals surface area (Å²) >= 11 is 1.57. The van der Waals surface area contributed by atoms with Gasteiger partial charge in [0.05, 0.1) is 6.04 Å². The number of carbonyl (C=O) groups is 1. The first-order valence-electron chi connectivity index (χ1n) is 9.21. The molecule has 5 nitrogen and oxygen atoms in total. The van der Waals surface area contributed by atoms with E-state index in [4.69, 9.17) is 0 Å². The van der Waals surface area contributed by atoms with Crippen LogP contribution in [0.25, 0.3) is 0 Å². The zero-order chi connectivity index (χ0) is 18.3. The minimum absolute atomic E-state index is 0.0777. The molecule has 1 amide bonds. The predicted molar refractivity (Wildman–Crippen MR) is 104 cm³/mol. The summed E-state index contributed by atoms with van der Waals surface area (Å²) in [4.78, 5) is 22.1. The largest absolute Gasteiger partial charge is 0.330 e. The number of thiazole rings is 1. The quantitative estimate of drug-likeness (QED) is 0.899. The molecule has 2 fully saturated rings. The summed E-state index contributed by atoms with van der Waals surface area (Å²) in [6.07, 6.45) is 0. The van der Waals surface area contributed by atoms with Crippen LogP contribution >= 0.6 is 11.3 Å². The Hall–Kier alpha value is -1.76. The molecular weight excluding hydrogens is 344 g/mol. The predicted octanol–water partition coefficient (Wildman–Crippen LogP) is 2.55. The highest BCUT2D eigenvalue weighted by Gasteiger charge is 2.47. The summed E-state index contributed by atoms with van der Waals surface area (Å²) in [7, 11) is 4.04. The normalized spacial score (nSPS) is 25.1. The third kappa shape index (κ3) is 3.17. The number of hydrogen-bond donors (Lipinski definition) is 1. The Kier molecular flexibility index (Phi) is 4.82. The van der Waals surface area contributed by atoms with Crippen molar-refractivity contribution in [1.29, 1.82) is 0 Å². The van der Waals surface area contributed by atoms with E-state index in [1.165, 1.54) is 11.1 Å². The van der Waals surface area contributed by atoms with Crippen molar-refractivity contribution in [2.75, 3.05) is 33.7 Å². The van der Waals surface area contributed by atoms with Gasteiger partial charge in [0.15, 0.2) is 0 Å². The van der Waals surface area contributed by atoms with E-state index >= 15 is 0 Å². The Morgan fingerprint density at radius 1 is 1.35 bits per heavy atom. The second kappa shape index (κ2) is 7.10. The molecule has 0 bridgehead atoms. The lowest BCUT2D eigenvalue weighted by atomic mass is 9.87. The number of fused-ring (bicyclic) bond motifs is 1. The lowest BCUT2D eigenvalue weighted by Crippen LogP contribution is -2.35. The maximum Gasteiger partial charge on any atom is 0.273 e. The summed E-state index contributed by atoms with van der Waals surface area (Å²) in [5, 5.41) is 6.42. The number of nitrogens with one attached hydrogen (secondary N) is 1. The number of rotatable bonds is 4. The van der Waals surface area contributed by atoms with Crippen LogP contribution in [0.2, 0.25) is 0 Å². The lowest BCUT2D eigenvalue weighted by molar-refractivity contribution is 0.0708. The fourth-order valence-electron chi connectivity index (χ4n) is 4.35. The first-order chi connectivity index (χ1) is 12.5. The van der Waals surface area contributed by atoms with Gasteiger partial charge in [-0.1, -0.05) is 24.3 Å². The monoisotopic (exact) mass is 370 g/mol. The van der Waals surface area contributed by atoms with Gasteiger partial charge in [-0.05, 0) is 38.1 Å². The Morgan fingerprint density at radius 2 is 2.15 bits per heavy atom. The SMILES string of the molecule is Cc1ccccc1[C@@H]1[C@H]2CNC[C@H]2CN1C(=O)c1csc(CN(C)C)n1.